The number of aromatic amines is 1. The molecule has 0 bridgehead atoms. The molecule has 142 valence electrons. The van der Waals surface area contributed by atoms with Crippen LogP contribution < -0.4 is 0 Å². The van der Waals surface area contributed by atoms with Crippen molar-refractivity contribution < 1.29 is 4.79 Å². The number of imidazole rings is 1. The number of rotatable bonds is 6. The number of nitrogens with zero attached hydrogens (tertiary/aromatic N) is 5. The maximum Gasteiger partial charge on any atom is 0.237 e. The Hall–Kier alpha value is -2.72. The molecule has 27 heavy (non-hydrogen) atoms. The summed E-state index contributed by atoms with van der Waals surface area (Å²) in [5.41, 5.74) is 2.82. The van der Waals surface area contributed by atoms with Gasteiger partial charge in [-0.2, -0.15) is 5.26 Å². The topological polar surface area (TPSA) is 88.9 Å². The second-order valence-electron chi connectivity index (χ2n) is 7.21. The van der Waals surface area contributed by atoms with Crippen LogP contribution in [-0.4, -0.2) is 62.9 Å². The average Bonchev–Trinajstić information content (AvgIpc) is 3.29. The predicted octanol–water partition coefficient (Wildman–Crippen LogP) is 2.16. The molecule has 2 atom stereocenters. The molecule has 7 heteroatoms. The van der Waals surface area contributed by atoms with E-state index in [1.807, 2.05) is 37.1 Å². The first-order valence-electron chi connectivity index (χ1n) is 9.35. The van der Waals surface area contributed by atoms with Crippen molar-refractivity contribution in [1.29, 1.82) is 5.26 Å². The first kappa shape index (κ1) is 19.1. The molecule has 1 aliphatic rings. The lowest BCUT2D eigenvalue weighted by Crippen LogP contribution is -2.44. The second-order valence-corrected chi connectivity index (χ2v) is 7.21. The van der Waals surface area contributed by atoms with E-state index in [-0.39, 0.29) is 18.0 Å². The highest BCUT2D eigenvalue weighted by molar-refractivity contribution is 5.79. The molecule has 1 unspecified atom stereocenters. The number of nitrogens with one attached hydrogen (secondary N) is 1. The SMILES string of the molecule is Cc1[nH]c(-c2ccccn2)nc1CC(C)N(C)CC(=O)N1CCC[C@H]1C#N. The van der Waals surface area contributed by atoms with E-state index in [1.54, 1.807) is 11.1 Å². The number of likely N-dealkylation sites (N-methyl/N-ethyl adjacent to an activating group) is 1. The maximum absolute atomic E-state index is 12.5. The molecule has 1 amide bonds. The van der Waals surface area contributed by atoms with Crippen molar-refractivity contribution in [2.24, 2.45) is 0 Å². The third-order valence-corrected chi connectivity index (χ3v) is 5.24. The monoisotopic (exact) mass is 366 g/mol. The summed E-state index contributed by atoms with van der Waals surface area (Å²) < 4.78 is 0. The first-order chi connectivity index (χ1) is 13.0. The standard InChI is InChI=1S/C20H26N6O/c1-14(25(3)13-19(27)26-10-6-7-16(26)12-21)11-18-15(2)23-20(24-18)17-8-4-5-9-22-17/h4-5,8-9,14,16H,6-7,10-11,13H2,1-3H3,(H,23,24)/t14?,16-/m0/s1. The van der Waals surface area contributed by atoms with Crippen molar-refractivity contribution in [3.63, 3.8) is 0 Å². The van der Waals surface area contributed by atoms with Gasteiger partial charge < -0.3 is 9.88 Å². The lowest BCUT2D eigenvalue weighted by molar-refractivity contribution is -0.132. The summed E-state index contributed by atoms with van der Waals surface area (Å²) in [6, 6.07) is 7.86. The Labute approximate surface area is 160 Å². The molecule has 1 aliphatic heterocycles. The number of hydrogen-bond acceptors (Lipinski definition) is 5. The molecule has 0 aromatic carbocycles. The van der Waals surface area contributed by atoms with Gasteiger partial charge in [-0.3, -0.25) is 14.7 Å². The first-order valence-corrected chi connectivity index (χ1v) is 9.35. The average molecular weight is 366 g/mol. The molecular formula is C20H26N6O. The van der Waals surface area contributed by atoms with Crippen molar-refractivity contribution in [3.05, 3.63) is 35.8 Å². The largest absolute Gasteiger partial charge is 0.341 e. The van der Waals surface area contributed by atoms with Crippen molar-refractivity contribution in [2.75, 3.05) is 20.1 Å². The number of carbonyl (C=O) groups excluding carboxylic acids is 1. The molecule has 1 saturated heterocycles. The molecule has 0 spiro atoms. The van der Waals surface area contributed by atoms with Gasteiger partial charge in [-0.25, -0.2) is 4.98 Å². The van der Waals surface area contributed by atoms with E-state index in [1.165, 1.54) is 0 Å². The lowest BCUT2D eigenvalue weighted by Gasteiger charge is -2.27. The molecular weight excluding hydrogens is 340 g/mol. The molecule has 1 N–H and O–H groups in total. The Morgan fingerprint density at radius 3 is 3.04 bits per heavy atom. The van der Waals surface area contributed by atoms with E-state index in [0.29, 0.717) is 13.1 Å². The number of H-pyrrole nitrogens is 1. The van der Waals surface area contributed by atoms with Crippen molar-refractivity contribution in [2.45, 2.75) is 45.2 Å². The van der Waals surface area contributed by atoms with Crippen LogP contribution in [0.25, 0.3) is 11.5 Å². The van der Waals surface area contributed by atoms with E-state index in [2.05, 4.69) is 23.0 Å². The third kappa shape index (κ3) is 4.34. The van der Waals surface area contributed by atoms with E-state index in [0.717, 1.165) is 42.2 Å². The number of hydrogen-bond donors (Lipinski definition) is 1. The Morgan fingerprint density at radius 2 is 2.33 bits per heavy atom. The zero-order chi connectivity index (χ0) is 19.4. The summed E-state index contributed by atoms with van der Waals surface area (Å²) in [4.78, 5) is 28.6. The van der Waals surface area contributed by atoms with Crippen molar-refractivity contribution >= 4 is 5.91 Å². The van der Waals surface area contributed by atoms with Gasteiger partial charge >= 0.3 is 0 Å². The number of amides is 1. The van der Waals surface area contributed by atoms with E-state index in [9.17, 15) is 10.1 Å². The Kier molecular flexibility index (Phi) is 5.87. The number of nitriles is 1. The van der Waals surface area contributed by atoms with E-state index < -0.39 is 0 Å². The summed E-state index contributed by atoms with van der Waals surface area (Å²) in [5.74, 6) is 0.796. The van der Waals surface area contributed by atoms with Crippen LogP contribution in [0.1, 0.15) is 31.2 Å². The van der Waals surface area contributed by atoms with E-state index >= 15 is 0 Å². The van der Waals surface area contributed by atoms with Gasteiger partial charge in [-0.1, -0.05) is 6.07 Å². The van der Waals surface area contributed by atoms with Crippen LogP contribution in [0.4, 0.5) is 0 Å². The van der Waals surface area contributed by atoms with Crippen LogP contribution in [0.5, 0.6) is 0 Å². The minimum atomic E-state index is -0.268. The normalized spacial score (nSPS) is 17.9. The zero-order valence-corrected chi connectivity index (χ0v) is 16.1. The van der Waals surface area contributed by atoms with E-state index in [4.69, 9.17) is 4.98 Å². The fourth-order valence-corrected chi connectivity index (χ4v) is 3.41. The van der Waals surface area contributed by atoms with Crippen molar-refractivity contribution in [1.82, 2.24) is 24.8 Å². The van der Waals surface area contributed by atoms with Gasteiger partial charge in [0.05, 0.1) is 18.3 Å². The molecule has 3 rings (SSSR count). The smallest absolute Gasteiger partial charge is 0.237 e. The summed E-state index contributed by atoms with van der Waals surface area (Å²) in [5, 5.41) is 9.18. The Bertz CT molecular complexity index is 825. The molecule has 2 aromatic heterocycles. The van der Waals surface area contributed by atoms with Gasteiger partial charge in [-0.15, -0.1) is 0 Å². The maximum atomic E-state index is 12.5. The highest BCUT2D eigenvalue weighted by Crippen LogP contribution is 2.19. The Morgan fingerprint density at radius 1 is 1.52 bits per heavy atom. The van der Waals surface area contributed by atoms with Crippen molar-refractivity contribution in [3.8, 4) is 17.6 Å². The van der Waals surface area contributed by atoms with Gasteiger partial charge in [0, 0.05) is 30.9 Å². The highest BCUT2D eigenvalue weighted by Gasteiger charge is 2.29. The highest BCUT2D eigenvalue weighted by atomic mass is 16.2. The summed E-state index contributed by atoms with van der Waals surface area (Å²) in [7, 11) is 1.95. The third-order valence-electron chi connectivity index (χ3n) is 5.24. The zero-order valence-electron chi connectivity index (χ0n) is 16.1. The number of carbonyl (C=O) groups is 1. The van der Waals surface area contributed by atoms with Gasteiger partial charge in [0.1, 0.15) is 11.7 Å². The predicted molar refractivity (Wildman–Crippen MR) is 103 cm³/mol. The number of likely N-dealkylation sites (tertiary alicyclic amines) is 1. The summed E-state index contributed by atoms with van der Waals surface area (Å²) >= 11 is 0. The van der Waals surface area contributed by atoms with Crippen LogP contribution in [-0.2, 0) is 11.2 Å². The Balaban J connectivity index is 1.61. The summed E-state index contributed by atoms with van der Waals surface area (Å²) in [6.07, 6.45) is 4.18. The van der Waals surface area contributed by atoms with Crippen LogP contribution in [0.3, 0.4) is 0 Å². The molecule has 1 fully saturated rings. The molecule has 0 radical (unpaired) electrons. The van der Waals surface area contributed by atoms with Gasteiger partial charge in [-0.05, 0) is 45.9 Å². The second kappa shape index (κ2) is 8.31. The fourth-order valence-electron chi connectivity index (χ4n) is 3.41. The van der Waals surface area contributed by atoms with Crippen LogP contribution in [0, 0.1) is 18.3 Å². The van der Waals surface area contributed by atoms with Crippen LogP contribution in [0.2, 0.25) is 0 Å². The number of aromatic nitrogens is 3. The molecule has 2 aromatic rings. The molecule has 7 nitrogen and oxygen atoms in total. The quantitative estimate of drug-likeness (QED) is 0.846. The number of aryl methyl sites for hydroxylation is 1. The summed E-state index contributed by atoms with van der Waals surface area (Å²) in [6.45, 7) is 5.10. The van der Waals surface area contributed by atoms with Gasteiger partial charge in [0.25, 0.3) is 0 Å². The molecule has 0 aliphatic carbocycles. The van der Waals surface area contributed by atoms with Crippen LogP contribution in [0.15, 0.2) is 24.4 Å². The molecule has 0 saturated carbocycles. The lowest BCUT2D eigenvalue weighted by atomic mass is 10.1. The van der Waals surface area contributed by atoms with Crippen LogP contribution >= 0.6 is 0 Å². The minimum absolute atomic E-state index is 0.0290. The fraction of sp³-hybridized carbons (Fsp3) is 0.500. The molecule has 3 heterocycles. The van der Waals surface area contributed by atoms with Gasteiger partial charge in [0.2, 0.25) is 5.91 Å². The number of pyridine rings is 1. The van der Waals surface area contributed by atoms with Gasteiger partial charge in [0.15, 0.2) is 5.82 Å². The minimum Gasteiger partial charge on any atom is -0.341 e.